The van der Waals surface area contributed by atoms with Gasteiger partial charge in [0.25, 0.3) is 0 Å². The summed E-state index contributed by atoms with van der Waals surface area (Å²) in [6.45, 7) is 10.5. The lowest BCUT2D eigenvalue weighted by atomic mass is 9.94. The number of aliphatic hydroxyl groups is 1. The number of aliphatic hydroxyl groups excluding tert-OH is 1. The van der Waals surface area contributed by atoms with Crippen molar-refractivity contribution in [3.8, 4) is 0 Å². The molecule has 1 aromatic carbocycles. The van der Waals surface area contributed by atoms with Crippen LogP contribution < -0.4 is 0 Å². The predicted octanol–water partition coefficient (Wildman–Crippen LogP) is 3.67. The van der Waals surface area contributed by atoms with Gasteiger partial charge in [-0.3, -0.25) is 0 Å². The highest BCUT2D eigenvalue weighted by molar-refractivity contribution is 5.38. The molecule has 0 saturated carbocycles. The second-order valence-electron chi connectivity index (χ2n) is 5.92. The summed E-state index contributed by atoms with van der Waals surface area (Å²) in [5.74, 6) is 0. The van der Waals surface area contributed by atoms with Crippen molar-refractivity contribution in [2.75, 3.05) is 0 Å². The zero-order valence-electron chi connectivity index (χ0n) is 13.0. The van der Waals surface area contributed by atoms with Gasteiger partial charge in [-0.2, -0.15) is 0 Å². The van der Waals surface area contributed by atoms with E-state index in [1.165, 1.54) is 22.3 Å². The molecule has 0 aliphatic carbocycles. The van der Waals surface area contributed by atoms with Gasteiger partial charge in [-0.1, -0.05) is 17.7 Å². The minimum atomic E-state index is -0.514. The molecule has 0 amide bonds. The molecule has 1 unspecified atom stereocenters. The molecule has 0 bridgehead atoms. The molecular formula is C17H24N2O. The minimum absolute atomic E-state index is 0.308. The summed E-state index contributed by atoms with van der Waals surface area (Å²) in [6.07, 6.45) is 3.68. The SMILES string of the molecule is Cc1cc(C)c(CC(O)c2cncn2C(C)C)c(C)c1. The molecule has 1 atom stereocenters. The molecule has 0 aliphatic rings. The van der Waals surface area contributed by atoms with E-state index in [2.05, 4.69) is 51.7 Å². The number of benzene rings is 1. The zero-order valence-corrected chi connectivity index (χ0v) is 13.0. The van der Waals surface area contributed by atoms with Crippen molar-refractivity contribution < 1.29 is 5.11 Å². The molecule has 108 valence electrons. The van der Waals surface area contributed by atoms with Gasteiger partial charge in [0, 0.05) is 12.5 Å². The maximum atomic E-state index is 10.5. The summed E-state index contributed by atoms with van der Waals surface area (Å²) >= 11 is 0. The molecule has 1 heterocycles. The molecule has 0 radical (unpaired) electrons. The normalized spacial score (nSPS) is 12.9. The monoisotopic (exact) mass is 272 g/mol. The molecule has 20 heavy (non-hydrogen) atoms. The van der Waals surface area contributed by atoms with Crippen LogP contribution in [-0.4, -0.2) is 14.7 Å². The Morgan fingerprint density at radius 1 is 1.15 bits per heavy atom. The zero-order chi connectivity index (χ0) is 14.9. The third-order valence-corrected chi connectivity index (χ3v) is 3.83. The molecule has 2 rings (SSSR count). The fraction of sp³-hybridized carbons (Fsp3) is 0.471. The van der Waals surface area contributed by atoms with Crippen molar-refractivity contribution in [1.29, 1.82) is 0 Å². The Labute approximate surface area is 121 Å². The number of hydrogen-bond acceptors (Lipinski definition) is 2. The second-order valence-corrected chi connectivity index (χ2v) is 5.92. The smallest absolute Gasteiger partial charge is 0.0996 e. The molecule has 1 aromatic heterocycles. The lowest BCUT2D eigenvalue weighted by Gasteiger charge is -2.19. The van der Waals surface area contributed by atoms with E-state index in [0.717, 1.165) is 5.69 Å². The standard InChI is InChI=1S/C17H24N2O/c1-11(2)19-10-18-9-16(19)17(20)8-15-13(4)6-12(3)7-14(15)5/h6-7,9-11,17,20H,8H2,1-5H3. The van der Waals surface area contributed by atoms with Crippen LogP contribution >= 0.6 is 0 Å². The number of imidazole rings is 1. The second kappa shape index (κ2) is 5.80. The predicted molar refractivity (Wildman–Crippen MR) is 81.9 cm³/mol. The third kappa shape index (κ3) is 2.93. The Balaban J connectivity index is 2.28. The van der Waals surface area contributed by atoms with E-state index in [-0.39, 0.29) is 0 Å². The number of rotatable bonds is 4. The summed E-state index contributed by atoms with van der Waals surface area (Å²) in [5, 5.41) is 10.5. The first-order valence-corrected chi connectivity index (χ1v) is 7.16. The molecule has 3 nitrogen and oxygen atoms in total. The van der Waals surface area contributed by atoms with Crippen LogP contribution in [0.25, 0.3) is 0 Å². The molecule has 0 spiro atoms. The topological polar surface area (TPSA) is 38.1 Å². The fourth-order valence-electron chi connectivity index (χ4n) is 2.83. The first kappa shape index (κ1) is 14.8. The summed E-state index contributed by atoms with van der Waals surface area (Å²) in [4.78, 5) is 4.17. The van der Waals surface area contributed by atoms with Gasteiger partial charge >= 0.3 is 0 Å². The van der Waals surface area contributed by atoms with Crippen LogP contribution in [0.1, 0.15) is 53.9 Å². The van der Waals surface area contributed by atoms with E-state index in [4.69, 9.17) is 0 Å². The van der Waals surface area contributed by atoms with E-state index < -0.39 is 6.10 Å². The molecular weight excluding hydrogens is 248 g/mol. The van der Waals surface area contributed by atoms with Crippen LogP contribution in [0.15, 0.2) is 24.7 Å². The van der Waals surface area contributed by atoms with Crippen molar-refractivity contribution in [1.82, 2.24) is 9.55 Å². The Bertz CT molecular complexity index is 576. The number of aromatic nitrogens is 2. The third-order valence-electron chi connectivity index (χ3n) is 3.83. The van der Waals surface area contributed by atoms with Gasteiger partial charge in [-0.05, 0) is 51.3 Å². The lowest BCUT2D eigenvalue weighted by Crippen LogP contribution is -2.12. The highest BCUT2D eigenvalue weighted by atomic mass is 16.3. The van der Waals surface area contributed by atoms with E-state index in [1.54, 1.807) is 12.5 Å². The number of nitrogens with zero attached hydrogens (tertiary/aromatic N) is 2. The summed E-state index contributed by atoms with van der Waals surface area (Å²) in [5.41, 5.74) is 5.89. The highest BCUT2D eigenvalue weighted by Gasteiger charge is 2.17. The van der Waals surface area contributed by atoms with Crippen molar-refractivity contribution in [2.24, 2.45) is 0 Å². The Kier molecular flexibility index (Phi) is 4.29. The van der Waals surface area contributed by atoms with Gasteiger partial charge < -0.3 is 9.67 Å². The van der Waals surface area contributed by atoms with E-state index in [9.17, 15) is 5.11 Å². The van der Waals surface area contributed by atoms with Crippen molar-refractivity contribution in [2.45, 2.75) is 53.2 Å². The van der Waals surface area contributed by atoms with Gasteiger partial charge in [0.15, 0.2) is 0 Å². The van der Waals surface area contributed by atoms with Crippen molar-refractivity contribution >= 4 is 0 Å². The van der Waals surface area contributed by atoms with E-state index in [1.807, 2.05) is 4.57 Å². The maximum Gasteiger partial charge on any atom is 0.0996 e. The van der Waals surface area contributed by atoms with Gasteiger partial charge in [-0.15, -0.1) is 0 Å². The van der Waals surface area contributed by atoms with Crippen LogP contribution in [0, 0.1) is 20.8 Å². The Hall–Kier alpha value is -1.61. The Morgan fingerprint density at radius 2 is 1.75 bits per heavy atom. The summed E-state index contributed by atoms with van der Waals surface area (Å²) in [7, 11) is 0. The molecule has 3 heteroatoms. The van der Waals surface area contributed by atoms with Crippen LogP contribution in [0.5, 0.6) is 0 Å². The lowest BCUT2D eigenvalue weighted by molar-refractivity contribution is 0.166. The summed E-state index contributed by atoms with van der Waals surface area (Å²) in [6, 6.07) is 4.66. The average molecular weight is 272 g/mol. The van der Waals surface area contributed by atoms with Crippen LogP contribution in [0.4, 0.5) is 0 Å². The van der Waals surface area contributed by atoms with E-state index >= 15 is 0 Å². The van der Waals surface area contributed by atoms with E-state index in [0.29, 0.717) is 12.5 Å². The molecule has 0 aliphatic heterocycles. The largest absolute Gasteiger partial charge is 0.386 e. The Morgan fingerprint density at radius 3 is 2.30 bits per heavy atom. The molecule has 0 fully saturated rings. The molecule has 0 saturated heterocycles. The van der Waals surface area contributed by atoms with Crippen molar-refractivity contribution in [3.63, 3.8) is 0 Å². The molecule has 1 N–H and O–H groups in total. The van der Waals surface area contributed by atoms with Crippen molar-refractivity contribution in [3.05, 3.63) is 52.6 Å². The maximum absolute atomic E-state index is 10.5. The summed E-state index contributed by atoms with van der Waals surface area (Å²) < 4.78 is 2.03. The van der Waals surface area contributed by atoms with Gasteiger partial charge in [0.1, 0.15) is 0 Å². The van der Waals surface area contributed by atoms with Gasteiger partial charge in [0.05, 0.1) is 24.3 Å². The van der Waals surface area contributed by atoms with Gasteiger partial charge in [0.2, 0.25) is 0 Å². The molecule has 2 aromatic rings. The number of hydrogen-bond donors (Lipinski definition) is 1. The van der Waals surface area contributed by atoms with Gasteiger partial charge in [-0.25, -0.2) is 4.98 Å². The first-order valence-electron chi connectivity index (χ1n) is 7.16. The number of aryl methyl sites for hydroxylation is 3. The highest BCUT2D eigenvalue weighted by Crippen LogP contribution is 2.25. The fourth-order valence-corrected chi connectivity index (χ4v) is 2.83. The van der Waals surface area contributed by atoms with Crippen LogP contribution in [0.3, 0.4) is 0 Å². The first-order chi connectivity index (χ1) is 9.40. The van der Waals surface area contributed by atoms with Crippen LogP contribution in [-0.2, 0) is 6.42 Å². The van der Waals surface area contributed by atoms with Crippen LogP contribution in [0.2, 0.25) is 0 Å². The quantitative estimate of drug-likeness (QED) is 0.922. The minimum Gasteiger partial charge on any atom is -0.386 e. The average Bonchev–Trinajstić information content (AvgIpc) is 2.82.